The maximum atomic E-state index is 12.6. The van der Waals surface area contributed by atoms with E-state index in [9.17, 15) is 9.59 Å². The highest BCUT2D eigenvalue weighted by molar-refractivity contribution is 7.17. The lowest BCUT2D eigenvalue weighted by Gasteiger charge is -2.15. The Kier molecular flexibility index (Phi) is 6.39. The van der Waals surface area contributed by atoms with E-state index in [2.05, 4.69) is 5.32 Å². The summed E-state index contributed by atoms with van der Waals surface area (Å²) >= 11 is 7.41. The molecule has 0 saturated carbocycles. The Morgan fingerprint density at radius 3 is 2.74 bits per heavy atom. The number of anilines is 1. The van der Waals surface area contributed by atoms with Gasteiger partial charge in [-0.3, -0.25) is 4.79 Å². The normalized spacial score (nSPS) is 14.6. The number of fused-ring (bicyclic) bond motifs is 1. The molecule has 1 aromatic heterocycles. The molecule has 1 aliphatic rings. The average molecular weight is 408 g/mol. The first-order chi connectivity index (χ1) is 13.0. The zero-order chi connectivity index (χ0) is 19.4. The summed E-state index contributed by atoms with van der Waals surface area (Å²) in [6.45, 7) is 1.66. The minimum absolute atomic E-state index is 0.323. The Labute approximate surface area is 167 Å². The van der Waals surface area contributed by atoms with Crippen LogP contribution in [0, 0.1) is 0 Å². The summed E-state index contributed by atoms with van der Waals surface area (Å²) in [6, 6.07) is 6.88. The number of halogens is 1. The van der Waals surface area contributed by atoms with E-state index in [1.807, 2.05) is 0 Å². The van der Waals surface area contributed by atoms with Crippen molar-refractivity contribution in [1.82, 2.24) is 0 Å². The van der Waals surface area contributed by atoms with Crippen molar-refractivity contribution in [3.05, 3.63) is 45.3 Å². The van der Waals surface area contributed by atoms with Crippen LogP contribution in [0.1, 0.15) is 47.0 Å². The third kappa shape index (κ3) is 4.62. The Morgan fingerprint density at radius 2 is 2.00 bits per heavy atom. The van der Waals surface area contributed by atoms with Gasteiger partial charge in [0.15, 0.2) is 6.10 Å². The highest BCUT2D eigenvalue weighted by atomic mass is 35.5. The second-order valence-electron chi connectivity index (χ2n) is 6.47. The molecule has 7 heteroatoms. The molecule has 0 fully saturated rings. The van der Waals surface area contributed by atoms with Gasteiger partial charge < -0.3 is 14.8 Å². The van der Waals surface area contributed by atoms with Crippen molar-refractivity contribution in [1.29, 1.82) is 0 Å². The van der Waals surface area contributed by atoms with Crippen LogP contribution < -0.4 is 10.1 Å². The number of hydrogen-bond donors (Lipinski definition) is 1. The Bertz CT molecular complexity index is 849. The zero-order valence-corrected chi connectivity index (χ0v) is 16.9. The van der Waals surface area contributed by atoms with Gasteiger partial charge in [-0.05, 0) is 56.4 Å². The minimum atomic E-state index is -0.740. The Hall–Kier alpha value is -2.05. The molecule has 3 rings (SSSR count). The van der Waals surface area contributed by atoms with Gasteiger partial charge in [-0.1, -0.05) is 24.1 Å². The molecule has 0 saturated heterocycles. The first kappa shape index (κ1) is 19.7. The maximum Gasteiger partial charge on any atom is 0.341 e. The standard InChI is InChI=1S/C20H22ClNO4S/c1-12(26-14-8-6-7-13(21)11-14)18(23)22-19-17(20(24)25-2)15-9-4-3-5-10-16(15)27-19/h6-8,11-12H,3-5,9-10H2,1-2H3,(H,22,23). The van der Waals surface area contributed by atoms with Gasteiger partial charge >= 0.3 is 5.97 Å². The molecule has 0 aliphatic heterocycles. The second-order valence-corrected chi connectivity index (χ2v) is 8.01. The number of nitrogens with one attached hydrogen (secondary N) is 1. The van der Waals surface area contributed by atoms with Gasteiger partial charge in [0, 0.05) is 9.90 Å². The number of carbonyl (C=O) groups excluding carboxylic acids is 2. The number of methoxy groups -OCH3 is 1. The number of carbonyl (C=O) groups is 2. The number of thiophene rings is 1. The molecule has 27 heavy (non-hydrogen) atoms. The lowest BCUT2D eigenvalue weighted by molar-refractivity contribution is -0.122. The van der Waals surface area contributed by atoms with Gasteiger partial charge in [0.25, 0.3) is 5.91 Å². The van der Waals surface area contributed by atoms with Crippen molar-refractivity contribution in [2.24, 2.45) is 0 Å². The quantitative estimate of drug-likeness (QED) is 0.567. The molecule has 144 valence electrons. The fraction of sp³-hybridized carbons (Fsp3) is 0.400. The SMILES string of the molecule is COC(=O)c1c(NC(=O)C(C)Oc2cccc(Cl)c2)sc2c1CCCCC2. The number of esters is 1. The molecule has 1 aromatic carbocycles. The Morgan fingerprint density at radius 1 is 1.22 bits per heavy atom. The van der Waals surface area contributed by atoms with Gasteiger partial charge in [0.2, 0.25) is 0 Å². The van der Waals surface area contributed by atoms with Crippen LogP contribution in [0.15, 0.2) is 24.3 Å². The molecule has 1 N–H and O–H groups in total. The highest BCUT2D eigenvalue weighted by Crippen LogP contribution is 2.38. The van der Waals surface area contributed by atoms with Crippen molar-refractivity contribution in [2.45, 2.75) is 45.1 Å². The molecule has 1 aliphatic carbocycles. The average Bonchev–Trinajstić information content (AvgIpc) is 2.82. The number of ether oxygens (including phenoxy) is 2. The molecular weight excluding hydrogens is 386 g/mol. The summed E-state index contributed by atoms with van der Waals surface area (Å²) in [7, 11) is 1.36. The number of aryl methyl sites for hydroxylation is 1. The molecule has 0 spiro atoms. The first-order valence-electron chi connectivity index (χ1n) is 8.95. The van der Waals surface area contributed by atoms with E-state index in [1.165, 1.54) is 18.4 Å². The van der Waals surface area contributed by atoms with Crippen LogP contribution in [0.5, 0.6) is 5.75 Å². The van der Waals surface area contributed by atoms with Crippen LogP contribution in [0.3, 0.4) is 0 Å². The zero-order valence-electron chi connectivity index (χ0n) is 15.3. The van der Waals surface area contributed by atoms with Crippen LogP contribution >= 0.6 is 22.9 Å². The van der Waals surface area contributed by atoms with E-state index in [1.54, 1.807) is 31.2 Å². The molecule has 1 heterocycles. The van der Waals surface area contributed by atoms with Gasteiger partial charge in [0.1, 0.15) is 10.8 Å². The van der Waals surface area contributed by atoms with Crippen LogP contribution in [0.4, 0.5) is 5.00 Å². The third-order valence-electron chi connectivity index (χ3n) is 4.53. The van der Waals surface area contributed by atoms with E-state index in [0.717, 1.165) is 42.5 Å². The van der Waals surface area contributed by atoms with Crippen molar-refractivity contribution in [2.75, 3.05) is 12.4 Å². The molecule has 2 aromatic rings. The molecule has 1 atom stereocenters. The lowest BCUT2D eigenvalue weighted by Crippen LogP contribution is -2.30. The molecule has 5 nitrogen and oxygen atoms in total. The maximum absolute atomic E-state index is 12.6. The van der Waals surface area contributed by atoms with E-state index in [4.69, 9.17) is 21.1 Å². The summed E-state index contributed by atoms with van der Waals surface area (Å²) in [6.07, 6.45) is 4.30. The number of benzene rings is 1. The smallest absolute Gasteiger partial charge is 0.341 e. The van der Waals surface area contributed by atoms with Crippen LogP contribution in [0.2, 0.25) is 5.02 Å². The number of amides is 1. The lowest BCUT2D eigenvalue weighted by atomic mass is 10.1. The van der Waals surface area contributed by atoms with Crippen molar-refractivity contribution in [3.8, 4) is 5.75 Å². The fourth-order valence-electron chi connectivity index (χ4n) is 3.16. The van der Waals surface area contributed by atoms with Gasteiger partial charge in [-0.15, -0.1) is 11.3 Å². The highest BCUT2D eigenvalue weighted by Gasteiger charge is 2.27. The molecule has 1 amide bonds. The van der Waals surface area contributed by atoms with Crippen molar-refractivity contribution in [3.63, 3.8) is 0 Å². The van der Waals surface area contributed by atoms with E-state index in [0.29, 0.717) is 21.3 Å². The van der Waals surface area contributed by atoms with Crippen molar-refractivity contribution >= 4 is 39.8 Å². The van der Waals surface area contributed by atoms with Gasteiger partial charge in [-0.25, -0.2) is 4.79 Å². The number of hydrogen-bond acceptors (Lipinski definition) is 5. The number of rotatable bonds is 5. The van der Waals surface area contributed by atoms with E-state index >= 15 is 0 Å². The van der Waals surface area contributed by atoms with Crippen molar-refractivity contribution < 1.29 is 19.1 Å². The van der Waals surface area contributed by atoms with E-state index in [-0.39, 0.29) is 5.91 Å². The predicted molar refractivity (Wildman–Crippen MR) is 107 cm³/mol. The monoisotopic (exact) mass is 407 g/mol. The van der Waals surface area contributed by atoms with Crippen LogP contribution in [-0.2, 0) is 22.4 Å². The predicted octanol–water partition coefficient (Wildman–Crippen LogP) is 4.86. The molecule has 1 unspecified atom stereocenters. The summed E-state index contributed by atoms with van der Waals surface area (Å²) in [5.74, 6) is -0.218. The van der Waals surface area contributed by atoms with Crippen LogP contribution in [-0.4, -0.2) is 25.1 Å². The summed E-state index contributed by atoms with van der Waals surface area (Å²) < 4.78 is 10.6. The second kappa shape index (κ2) is 8.76. The Balaban J connectivity index is 1.79. The van der Waals surface area contributed by atoms with Crippen LogP contribution in [0.25, 0.3) is 0 Å². The van der Waals surface area contributed by atoms with E-state index < -0.39 is 12.1 Å². The third-order valence-corrected chi connectivity index (χ3v) is 5.97. The molecule has 0 radical (unpaired) electrons. The fourth-order valence-corrected chi connectivity index (χ4v) is 4.62. The van der Waals surface area contributed by atoms with Gasteiger partial charge in [-0.2, -0.15) is 0 Å². The molecular formula is C20H22ClNO4S. The minimum Gasteiger partial charge on any atom is -0.481 e. The largest absolute Gasteiger partial charge is 0.481 e. The van der Waals surface area contributed by atoms with Gasteiger partial charge in [0.05, 0.1) is 12.7 Å². The molecule has 0 bridgehead atoms. The summed E-state index contributed by atoms with van der Waals surface area (Å²) in [5, 5.41) is 3.94. The summed E-state index contributed by atoms with van der Waals surface area (Å²) in [4.78, 5) is 26.1. The first-order valence-corrected chi connectivity index (χ1v) is 10.1. The summed E-state index contributed by atoms with van der Waals surface area (Å²) in [5.41, 5.74) is 1.51. The topological polar surface area (TPSA) is 64.6 Å².